The molecule has 0 unspecified atom stereocenters. The number of hydrogen-bond acceptors (Lipinski definition) is 4. The minimum Gasteiger partial charge on any atom is -0.354 e. The molecule has 20 heavy (non-hydrogen) atoms. The number of carbonyl (C=O) groups excluding carboxylic acids is 1. The highest BCUT2D eigenvalue weighted by molar-refractivity contribution is 7.92. The van der Waals surface area contributed by atoms with E-state index >= 15 is 0 Å². The molecule has 108 valence electrons. The first kappa shape index (κ1) is 16.0. The second kappa shape index (κ2) is 6.91. The van der Waals surface area contributed by atoms with Crippen molar-refractivity contribution in [1.82, 2.24) is 5.32 Å². The number of nitrogens with zero attached hydrogens (tertiary/aromatic N) is 2. The van der Waals surface area contributed by atoms with Gasteiger partial charge in [0.15, 0.2) is 0 Å². The summed E-state index contributed by atoms with van der Waals surface area (Å²) in [6, 6.07) is 8.30. The van der Waals surface area contributed by atoms with Gasteiger partial charge in [0.2, 0.25) is 15.9 Å². The maximum absolute atomic E-state index is 11.8. The molecule has 0 heterocycles. The summed E-state index contributed by atoms with van der Waals surface area (Å²) in [7, 11) is -3.47. The van der Waals surface area contributed by atoms with Crippen LogP contribution in [0.5, 0.6) is 0 Å². The minimum absolute atomic E-state index is 0.124. The van der Waals surface area contributed by atoms with E-state index < -0.39 is 10.0 Å². The zero-order valence-corrected chi connectivity index (χ0v) is 12.3. The Hall–Kier alpha value is -2.07. The molecule has 1 rings (SSSR count). The van der Waals surface area contributed by atoms with E-state index in [2.05, 4.69) is 5.32 Å². The van der Waals surface area contributed by atoms with Crippen LogP contribution in [0.1, 0.15) is 18.9 Å². The van der Waals surface area contributed by atoms with Crippen LogP contribution < -0.4 is 9.62 Å². The zero-order valence-electron chi connectivity index (χ0n) is 11.5. The van der Waals surface area contributed by atoms with Crippen LogP contribution in [-0.2, 0) is 14.8 Å². The van der Waals surface area contributed by atoms with Gasteiger partial charge in [0.1, 0.15) is 0 Å². The van der Waals surface area contributed by atoms with Gasteiger partial charge in [-0.25, -0.2) is 8.42 Å². The Morgan fingerprint density at radius 1 is 1.45 bits per heavy atom. The van der Waals surface area contributed by atoms with E-state index in [1.54, 1.807) is 25.1 Å². The van der Waals surface area contributed by atoms with Crippen molar-refractivity contribution in [2.45, 2.75) is 13.3 Å². The number of sulfonamides is 1. The third kappa shape index (κ3) is 4.55. The molecule has 0 aliphatic heterocycles. The Labute approximate surface area is 119 Å². The molecule has 0 radical (unpaired) electrons. The number of nitriles is 1. The van der Waals surface area contributed by atoms with Crippen LogP contribution in [0, 0.1) is 11.3 Å². The van der Waals surface area contributed by atoms with Crippen LogP contribution in [0.2, 0.25) is 0 Å². The molecule has 0 saturated carbocycles. The molecule has 0 aromatic heterocycles. The van der Waals surface area contributed by atoms with Gasteiger partial charge in [0.25, 0.3) is 0 Å². The molecule has 0 fully saturated rings. The number of benzene rings is 1. The Bertz CT molecular complexity index is 620. The van der Waals surface area contributed by atoms with Crippen molar-refractivity contribution >= 4 is 21.6 Å². The van der Waals surface area contributed by atoms with Gasteiger partial charge in [0, 0.05) is 13.0 Å². The van der Waals surface area contributed by atoms with Crippen molar-refractivity contribution in [2.24, 2.45) is 0 Å². The van der Waals surface area contributed by atoms with Crippen molar-refractivity contribution in [3.8, 4) is 6.07 Å². The first-order valence-corrected chi connectivity index (χ1v) is 7.98. The predicted molar refractivity (Wildman–Crippen MR) is 76.6 cm³/mol. The molecule has 0 atom stereocenters. The number of anilines is 1. The fourth-order valence-corrected chi connectivity index (χ4v) is 2.56. The summed E-state index contributed by atoms with van der Waals surface area (Å²) >= 11 is 0. The largest absolute Gasteiger partial charge is 0.354 e. The van der Waals surface area contributed by atoms with Crippen LogP contribution in [0.15, 0.2) is 24.3 Å². The number of nitrogens with one attached hydrogen (secondary N) is 1. The topological polar surface area (TPSA) is 90.3 Å². The van der Waals surface area contributed by atoms with Gasteiger partial charge in [0.05, 0.1) is 30.1 Å². The Morgan fingerprint density at radius 3 is 2.70 bits per heavy atom. The maximum atomic E-state index is 11.8. The van der Waals surface area contributed by atoms with E-state index in [0.29, 0.717) is 17.7 Å². The average Bonchev–Trinajstić information content (AvgIpc) is 2.41. The van der Waals surface area contributed by atoms with E-state index in [1.165, 1.54) is 10.4 Å². The minimum atomic E-state index is -3.47. The second-order valence-electron chi connectivity index (χ2n) is 4.20. The van der Waals surface area contributed by atoms with Crippen LogP contribution in [-0.4, -0.2) is 33.7 Å². The summed E-state index contributed by atoms with van der Waals surface area (Å²) in [6.07, 6.45) is 1.44. The summed E-state index contributed by atoms with van der Waals surface area (Å²) in [4.78, 5) is 11.2. The lowest BCUT2D eigenvalue weighted by Gasteiger charge is -2.22. The third-order valence-electron chi connectivity index (χ3n) is 2.62. The quantitative estimate of drug-likeness (QED) is 0.842. The van der Waals surface area contributed by atoms with Crippen molar-refractivity contribution in [3.05, 3.63) is 29.8 Å². The molecule has 1 aromatic carbocycles. The monoisotopic (exact) mass is 295 g/mol. The fourth-order valence-electron chi connectivity index (χ4n) is 1.64. The summed E-state index contributed by atoms with van der Waals surface area (Å²) in [5, 5.41) is 11.5. The molecule has 1 amide bonds. The summed E-state index contributed by atoms with van der Waals surface area (Å²) in [5.41, 5.74) is 0.797. The van der Waals surface area contributed by atoms with Gasteiger partial charge in [-0.1, -0.05) is 13.0 Å². The molecular formula is C13H17N3O3S. The van der Waals surface area contributed by atoms with Gasteiger partial charge in [-0.15, -0.1) is 0 Å². The lowest BCUT2D eigenvalue weighted by atomic mass is 10.2. The van der Waals surface area contributed by atoms with Crippen LogP contribution in [0.4, 0.5) is 5.69 Å². The van der Waals surface area contributed by atoms with Crippen molar-refractivity contribution < 1.29 is 13.2 Å². The zero-order chi connectivity index (χ0) is 15.2. The number of rotatable bonds is 6. The molecule has 0 spiro atoms. The van der Waals surface area contributed by atoms with Gasteiger partial charge < -0.3 is 5.32 Å². The SMILES string of the molecule is CCC(=O)NCCN(c1cccc(C#N)c1)S(C)(=O)=O. The number of amides is 1. The van der Waals surface area contributed by atoms with Crippen molar-refractivity contribution in [3.63, 3.8) is 0 Å². The highest BCUT2D eigenvalue weighted by atomic mass is 32.2. The summed E-state index contributed by atoms with van der Waals surface area (Å²) < 4.78 is 24.8. The second-order valence-corrected chi connectivity index (χ2v) is 6.11. The van der Waals surface area contributed by atoms with Crippen molar-refractivity contribution in [1.29, 1.82) is 5.26 Å². The molecule has 0 aliphatic rings. The fraction of sp³-hybridized carbons (Fsp3) is 0.385. The highest BCUT2D eigenvalue weighted by Crippen LogP contribution is 2.18. The van der Waals surface area contributed by atoms with Gasteiger partial charge >= 0.3 is 0 Å². The third-order valence-corrected chi connectivity index (χ3v) is 3.82. The maximum Gasteiger partial charge on any atom is 0.232 e. The molecule has 6 nitrogen and oxygen atoms in total. The molecule has 0 saturated heterocycles. The van der Waals surface area contributed by atoms with E-state index in [0.717, 1.165) is 6.26 Å². The molecule has 1 N–H and O–H groups in total. The molecule has 1 aromatic rings. The Kier molecular flexibility index (Phi) is 5.53. The molecule has 7 heteroatoms. The van der Waals surface area contributed by atoms with Crippen LogP contribution >= 0.6 is 0 Å². The first-order valence-electron chi connectivity index (χ1n) is 6.13. The van der Waals surface area contributed by atoms with Gasteiger partial charge in [-0.3, -0.25) is 9.10 Å². The Balaban J connectivity index is 2.91. The van der Waals surface area contributed by atoms with E-state index in [4.69, 9.17) is 5.26 Å². The van der Waals surface area contributed by atoms with Crippen LogP contribution in [0.3, 0.4) is 0 Å². The average molecular weight is 295 g/mol. The number of hydrogen-bond donors (Lipinski definition) is 1. The normalized spacial score (nSPS) is 10.7. The standard InChI is InChI=1S/C13H17N3O3S/c1-3-13(17)15-7-8-16(20(2,18)19)12-6-4-5-11(9-12)10-14/h4-6,9H,3,7-8H2,1-2H3,(H,15,17). The highest BCUT2D eigenvalue weighted by Gasteiger charge is 2.17. The molecule has 0 bridgehead atoms. The number of carbonyl (C=O) groups is 1. The lowest BCUT2D eigenvalue weighted by molar-refractivity contribution is -0.120. The lowest BCUT2D eigenvalue weighted by Crippen LogP contribution is -2.38. The summed E-state index contributed by atoms with van der Waals surface area (Å²) in [5.74, 6) is -0.135. The summed E-state index contributed by atoms with van der Waals surface area (Å²) in [6.45, 7) is 2.07. The van der Waals surface area contributed by atoms with Gasteiger partial charge in [-0.05, 0) is 18.2 Å². The molecule has 0 aliphatic carbocycles. The first-order chi connectivity index (χ1) is 9.38. The molecular weight excluding hydrogens is 278 g/mol. The van der Waals surface area contributed by atoms with E-state index in [1.807, 2.05) is 6.07 Å². The van der Waals surface area contributed by atoms with Crippen LogP contribution in [0.25, 0.3) is 0 Å². The van der Waals surface area contributed by atoms with Gasteiger partial charge in [-0.2, -0.15) is 5.26 Å². The van der Waals surface area contributed by atoms with E-state index in [-0.39, 0.29) is 19.0 Å². The Morgan fingerprint density at radius 2 is 2.15 bits per heavy atom. The smallest absolute Gasteiger partial charge is 0.232 e. The van der Waals surface area contributed by atoms with E-state index in [9.17, 15) is 13.2 Å². The predicted octanol–water partition coefficient (Wildman–Crippen LogP) is 0.850. The van der Waals surface area contributed by atoms with Crippen molar-refractivity contribution in [2.75, 3.05) is 23.7 Å².